The summed E-state index contributed by atoms with van der Waals surface area (Å²) in [6.07, 6.45) is 2.71. The van der Waals surface area contributed by atoms with Crippen molar-refractivity contribution in [1.82, 2.24) is 0 Å². The van der Waals surface area contributed by atoms with E-state index in [4.69, 9.17) is 13.9 Å². The number of hydrogen-bond donors (Lipinski definition) is 0. The van der Waals surface area contributed by atoms with Crippen molar-refractivity contribution in [2.24, 2.45) is 0 Å². The predicted octanol–water partition coefficient (Wildman–Crippen LogP) is 4.04. The SMILES string of the molecule is CC1(C)Oc2cc3oc(=O)ccc3cc2C[C@H]1OC(=O)C=Cc1ccc([N+](=O)[O-])cc1. The van der Waals surface area contributed by atoms with Crippen LogP contribution >= 0.6 is 0 Å². The lowest BCUT2D eigenvalue weighted by Gasteiger charge is -2.39. The summed E-state index contributed by atoms with van der Waals surface area (Å²) in [6, 6.07) is 12.4. The van der Waals surface area contributed by atoms with Gasteiger partial charge in [-0.15, -0.1) is 0 Å². The van der Waals surface area contributed by atoms with E-state index in [1.807, 2.05) is 19.9 Å². The molecule has 0 N–H and O–H groups in total. The van der Waals surface area contributed by atoms with Crippen LogP contribution in [-0.2, 0) is 16.0 Å². The molecule has 1 aromatic heterocycles. The number of carbonyl (C=O) groups is 1. The minimum Gasteiger partial charge on any atom is -0.484 e. The van der Waals surface area contributed by atoms with Gasteiger partial charge >= 0.3 is 11.6 Å². The Hall–Kier alpha value is -3.94. The number of esters is 1. The number of benzene rings is 2. The van der Waals surface area contributed by atoms with Crippen LogP contribution in [0.15, 0.2) is 63.8 Å². The zero-order valence-electron chi connectivity index (χ0n) is 16.9. The highest BCUT2D eigenvalue weighted by molar-refractivity contribution is 5.87. The molecule has 0 saturated heterocycles. The third-order valence-corrected chi connectivity index (χ3v) is 5.13. The molecule has 8 heteroatoms. The number of hydrogen-bond acceptors (Lipinski definition) is 7. The van der Waals surface area contributed by atoms with Gasteiger partial charge in [0.1, 0.15) is 23.0 Å². The Morgan fingerprint density at radius 1 is 1.19 bits per heavy atom. The highest BCUT2D eigenvalue weighted by Crippen LogP contribution is 2.37. The summed E-state index contributed by atoms with van der Waals surface area (Å²) in [7, 11) is 0. The van der Waals surface area contributed by atoms with Crippen LogP contribution in [0.5, 0.6) is 5.75 Å². The second-order valence-electron chi connectivity index (χ2n) is 7.77. The molecule has 8 nitrogen and oxygen atoms in total. The first-order chi connectivity index (χ1) is 14.7. The molecule has 0 aliphatic carbocycles. The quantitative estimate of drug-likeness (QED) is 0.206. The van der Waals surface area contributed by atoms with Gasteiger partial charge in [0.15, 0.2) is 0 Å². The summed E-state index contributed by atoms with van der Waals surface area (Å²) in [5.74, 6) is 0.0378. The Kier molecular flexibility index (Phi) is 5.06. The maximum Gasteiger partial charge on any atom is 0.336 e. The van der Waals surface area contributed by atoms with E-state index >= 15 is 0 Å². The van der Waals surface area contributed by atoms with Crippen LogP contribution in [0.1, 0.15) is 25.0 Å². The van der Waals surface area contributed by atoms with Crippen LogP contribution in [0.3, 0.4) is 0 Å². The van der Waals surface area contributed by atoms with Gasteiger partial charge in [0.25, 0.3) is 5.69 Å². The maximum absolute atomic E-state index is 12.4. The van der Waals surface area contributed by atoms with Gasteiger partial charge in [-0.25, -0.2) is 9.59 Å². The number of fused-ring (bicyclic) bond motifs is 2. The molecule has 0 fully saturated rings. The zero-order chi connectivity index (χ0) is 22.2. The number of ether oxygens (including phenoxy) is 2. The van der Waals surface area contributed by atoms with Gasteiger partial charge in [-0.05, 0) is 55.3 Å². The fraction of sp³-hybridized carbons (Fsp3) is 0.217. The largest absolute Gasteiger partial charge is 0.484 e. The molecule has 0 amide bonds. The second-order valence-corrected chi connectivity index (χ2v) is 7.77. The summed E-state index contributed by atoms with van der Waals surface area (Å²) in [4.78, 5) is 34.1. The molecule has 158 valence electrons. The third-order valence-electron chi connectivity index (χ3n) is 5.13. The highest BCUT2D eigenvalue weighted by atomic mass is 16.6. The molecular formula is C23H19NO7. The third kappa shape index (κ3) is 4.32. The lowest BCUT2D eigenvalue weighted by molar-refractivity contribution is -0.384. The molecular weight excluding hydrogens is 402 g/mol. The molecule has 2 heterocycles. The predicted molar refractivity (Wildman–Crippen MR) is 113 cm³/mol. The number of rotatable bonds is 4. The first kappa shape index (κ1) is 20.3. The number of nitro groups is 1. The Bertz CT molecular complexity index is 1260. The van der Waals surface area contributed by atoms with Crippen LogP contribution in [0, 0.1) is 10.1 Å². The van der Waals surface area contributed by atoms with Crippen molar-refractivity contribution in [3.05, 3.63) is 86.3 Å². The van der Waals surface area contributed by atoms with Gasteiger partial charge in [0.05, 0.1) is 4.92 Å². The standard InChI is InChI=1S/C23H19NO7/c1-23(2)20(30-22(26)9-5-14-3-7-17(8-4-14)24(27)28)12-16-11-15-6-10-21(25)29-18(15)13-19(16)31-23/h3-11,13,20H,12H2,1-2H3/t20-/m1/s1. The first-order valence-corrected chi connectivity index (χ1v) is 9.60. The van der Waals surface area contributed by atoms with Gasteiger partial charge in [-0.2, -0.15) is 0 Å². The van der Waals surface area contributed by atoms with Crippen LogP contribution in [-0.4, -0.2) is 22.6 Å². The van der Waals surface area contributed by atoms with Crippen LogP contribution in [0.2, 0.25) is 0 Å². The molecule has 0 radical (unpaired) electrons. The van der Waals surface area contributed by atoms with Crippen molar-refractivity contribution >= 4 is 28.7 Å². The minimum atomic E-state index is -0.799. The van der Waals surface area contributed by atoms with Gasteiger partial charge in [0, 0.05) is 42.1 Å². The van der Waals surface area contributed by atoms with E-state index in [1.165, 1.54) is 30.4 Å². The van der Waals surface area contributed by atoms with Crippen LogP contribution < -0.4 is 10.4 Å². The average Bonchev–Trinajstić information content (AvgIpc) is 2.71. The Morgan fingerprint density at radius 3 is 2.65 bits per heavy atom. The van der Waals surface area contributed by atoms with Crippen LogP contribution in [0.4, 0.5) is 5.69 Å². The summed E-state index contributed by atoms with van der Waals surface area (Å²) in [5, 5.41) is 11.5. The molecule has 0 saturated carbocycles. The van der Waals surface area contributed by atoms with Crippen molar-refractivity contribution in [3.63, 3.8) is 0 Å². The lowest BCUT2D eigenvalue weighted by Crippen LogP contribution is -2.48. The zero-order valence-corrected chi connectivity index (χ0v) is 16.9. The molecule has 0 unspecified atom stereocenters. The molecule has 31 heavy (non-hydrogen) atoms. The number of nitrogens with zero attached hydrogens (tertiary/aromatic N) is 1. The topological polar surface area (TPSA) is 109 Å². The Morgan fingerprint density at radius 2 is 1.94 bits per heavy atom. The minimum absolute atomic E-state index is 0.0219. The van der Waals surface area contributed by atoms with E-state index < -0.39 is 28.2 Å². The van der Waals surface area contributed by atoms with E-state index in [0.717, 1.165) is 10.9 Å². The molecule has 2 aromatic carbocycles. The van der Waals surface area contributed by atoms with Gasteiger partial charge in [0.2, 0.25) is 0 Å². The summed E-state index contributed by atoms with van der Waals surface area (Å²) in [5.41, 5.74) is 0.661. The summed E-state index contributed by atoms with van der Waals surface area (Å²) in [6.45, 7) is 3.64. The average molecular weight is 421 g/mol. The Labute approximate surface area is 176 Å². The lowest BCUT2D eigenvalue weighted by atomic mass is 9.90. The fourth-order valence-electron chi connectivity index (χ4n) is 3.43. The van der Waals surface area contributed by atoms with Crippen LogP contribution in [0.25, 0.3) is 17.0 Å². The summed E-state index contributed by atoms with van der Waals surface area (Å²) >= 11 is 0. The molecule has 0 spiro atoms. The molecule has 1 atom stereocenters. The molecule has 1 aliphatic rings. The summed E-state index contributed by atoms with van der Waals surface area (Å²) < 4.78 is 16.9. The fourth-order valence-corrected chi connectivity index (χ4v) is 3.43. The van der Waals surface area contributed by atoms with E-state index in [0.29, 0.717) is 23.3 Å². The first-order valence-electron chi connectivity index (χ1n) is 9.60. The van der Waals surface area contributed by atoms with E-state index in [-0.39, 0.29) is 5.69 Å². The number of carbonyl (C=O) groups excluding carboxylic acids is 1. The number of nitro benzene ring substituents is 1. The van der Waals surface area contributed by atoms with Crippen molar-refractivity contribution in [1.29, 1.82) is 0 Å². The van der Waals surface area contributed by atoms with E-state index in [1.54, 1.807) is 24.3 Å². The van der Waals surface area contributed by atoms with Crippen molar-refractivity contribution in [2.45, 2.75) is 32.0 Å². The van der Waals surface area contributed by atoms with Crippen molar-refractivity contribution < 1.29 is 23.6 Å². The Balaban J connectivity index is 1.50. The molecule has 0 bridgehead atoms. The second kappa shape index (κ2) is 7.71. The molecule has 1 aliphatic heterocycles. The van der Waals surface area contributed by atoms with Crippen molar-refractivity contribution in [3.8, 4) is 5.75 Å². The van der Waals surface area contributed by atoms with Crippen molar-refractivity contribution in [2.75, 3.05) is 0 Å². The van der Waals surface area contributed by atoms with Gasteiger partial charge in [-0.1, -0.05) is 0 Å². The normalized spacial score (nSPS) is 17.2. The van der Waals surface area contributed by atoms with E-state index in [9.17, 15) is 19.7 Å². The molecule has 3 aromatic rings. The smallest absolute Gasteiger partial charge is 0.336 e. The molecule has 4 rings (SSSR count). The van der Waals surface area contributed by atoms with Gasteiger partial charge in [-0.3, -0.25) is 10.1 Å². The maximum atomic E-state index is 12.4. The monoisotopic (exact) mass is 421 g/mol. The number of non-ortho nitro benzene ring substituents is 1. The highest BCUT2D eigenvalue weighted by Gasteiger charge is 2.39. The van der Waals surface area contributed by atoms with E-state index in [2.05, 4.69) is 0 Å². The van der Waals surface area contributed by atoms with Gasteiger partial charge < -0.3 is 13.9 Å².